The van der Waals surface area contributed by atoms with E-state index in [1.807, 2.05) is 33.8 Å². The molecule has 5 rings (SSSR count). The average Bonchev–Trinajstić information content (AvgIpc) is 3.41. The van der Waals surface area contributed by atoms with Gasteiger partial charge in [0.2, 0.25) is 0 Å². The van der Waals surface area contributed by atoms with Gasteiger partial charge in [-0.25, -0.2) is 14.4 Å². The molecular weight excluding hydrogens is 454 g/mol. The van der Waals surface area contributed by atoms with E-state index in [1.165, 1.54) is 6.20 Å². The third kappa shape index (κ3) is 4.86. The first-order chi connectivity index (χ1) is 17.0. The molecule has 2 aliphatic heterocycles. The van der Waals surface area contributed by atoms with Crippen LogP contribution in [0.4, 0.5) is 4.39 Å². The van der Waals surface area contributed by atoms with Gasteiger partial charge in [0.15, 0.2) is 18.8 Å². The Bertz CT molecular complexity index is 1120. The lowest BCUT2D eigenvalue weighted by Crippen LogP contribution is -2.64. The van der Waals surface area contributed by atoms with Crippen molar-refractivity contribution in [1.82, 2.24) is 29.5 Å². The first-order valence-electron chi connectivity index (χ1n) is 11.8. The smallest absolute Gasteiger partial charge is 0.376 e. The van der Waals surface area contributed by atoms with Crippen molar-refractivity contribution >= 4 is 7.05 Å². The van der Waals surface area contributed by atoms with E-state index < -0.39 is 19.3 Å². The van der Waals surface area contributed by atoms with Gasteiger partial charge in [-0.15, -0.1) is 10.2 Å². The third-order valence-corrected chi connectivity index (χ3v) is 6.65. The van der Waals surface area contributed by atoms with Crippen molar-refractivity contribution in [3.05, 3.63) is 43.1 Å². The van der Waals surface area contributed by atoms with E-state index >= 15 is 4.39 Å². The molecule has 0 aliphatic carbocycles. The molecule has 0 spiro atoms. The molecule has 1 N–H and O–H groups in total. The summed E-state index contributed by atoms with van der Waals surface area (Å²) < 4.78 is 33.9. The Hall–Kier alpha value is -3.09. The predicted octanol–water partition coefficient (Wildman–Crippen LogP) is 2.53. The van der Waals surface area contributed by atoms with Crippen molar-refractivity contribution in [3.63, 3.8) is 0 Å². The molecule has 0 radical (unpaired) electrons. The Morgan fingerprint density at radius 2 is 2.14 bits per heavy atom. The number of benzene rings is 1. The van der Waals surface area contributed by atoms with Gasteiger partial charge >= 0.3 is 7.05 Å². The molecule has 0 saturated carbocycles. The lowest BCUT2D eigenvalue weighted by molar-refractivity contribution is -0.0455. The number of hydrogen-bond acceptors (Lipinski definition) is 9. The second-order valence-electron chi connectivity index (χ2n) is 8.89. The highest BCUT2D eigenvalue weighted by Gasteiger charge is 2.48. The number of piperidine rings is 2. The Kier molecular flexibility index (Phi) is 6.94. The minimum Gasteiger partial charge on any atom is -0.469 e. The first kappa shape index (κ1) is 23.6. The second kappa shape index (κ2) is 10.3. The van der Waals surface area contributed by atoms with E-state index in [0.717, 1.165) is 18.5 Å². The van der Waals surface area contributed by atoms with Crippen LogP contribution in [-0.2, 0) is 4.74 Å². The van der Waals surface area contributed by atoms with Gasteiger partial charge in [-0.05, 0) is 31.8 Å². The molecule has 2 fully saturated rings. The van der Waals surface area contributed by atoms with Gasteiger partial charge < -0.3 is 28.6 Å². The number of halogens is 1. The van der Waals surface area contributed by atoms with Crippen molar-refractivity contribution < 1.29 is 23.6 Å². The monoisotopic (exact) mass is 482 g/mol. The van der Waals surface area contributed by atoms with Gasteiger partial charge in [0.25, 0.3) is 5.88 Å². The molecular formula is C23H28BFN6O4. The van der Waals surface area contributed by atoms with Gasteiger partial charge in [0.1, 0.15) is 11.9 Å². The molecule has 2 saturated heterocycles. The summed E-state index contributed by atoms with van der Waals surface area (Å²) in [7, 11) is 0.863. The number of rotatable bonds is 8. The first-order valence-corrected chi connectivity index (χ1v) is 11.8. The van der Waals surface area contributed by atoms with Crippen LogP contribution in [0.25, 0.3) is 17.1 Å². The molecule has 2 unspecified atom stereocenters. The molecule has 10 nitrogen and oxygen atoms in total. The fourth-order valence-corrected chi connectivity index (χ4v) is 5.14. The molecule has 0 amide bonds. The fraction of sp³-hybridized carbons (Fsp3) is 0.478. The summed E-state index contributed by atoms with van der Waals surface area (Å²) in [6, 6.07) is 5.30. The molecule has 1 aromatic carbocycles. The minimum atomic E-state index is -1.23. The van der Waals surface area contributed by atoms with Gasteiger partial charge in [-0.1, -0.05) is 6.42 Å². The van der Waals surface area contributed by atoms with Gasteiger partial charge in [0, 0.05) is 44.1 Å². The Morgan fingerprint density at radius 3 is 2.86 bits per heavy atom. The summed E-state index contributed by atoms with van der Waals surface area (Å²) in [5, 5.41) is 18.5. The predicted molar refractivity (Wildman–Crippen MR) is 126 cm³/mol. The van der Waals surface area contributed by atoms with Crippen molar-refractivity contribution in [2.45, 2.75) is 56.9 Å². The fourth-order valence-electron chi connectivity index (χ4n) is 5.14. The van der Waals surface area contributed by atoms with Crippen LogP contribution in [-0.4, -0.2) is 79.9 Å². The SMILES string of the molecule is COCOc1cc(-n2ccnc2)ccc1-c1ncc(O[C@H]2CC3CCCC([C@@H]2F)N3B(C)O)nn1. The van der Waals surface area contributed by atoms with Crippen LogP contribution in [0.5, 0.6) is 11.6 Å². The lowest BCUT2D eigenvalue weighted by Gasteiger charge is -2.50. The zero-order valence-electron chi connectivity index (χ0n) is 19.7. The number of imidazole rings is 1. The standard InChI is InChI=1S/C23H28BFN6O4/c1-24(32)31-16-4-3-5-18(31)22(25)20(11-16)35-21-12-27-23(29-28-21)17-7-6-15(30-9-8-26-13-30)10-19(17)34-14-33-2/h6-10,12-13,16,18,20,22,32H,3-5,11,14H2,1-2H3/t16?,18?,20-,22-/m0/s1. The van der Waals surface area contributed by atoms with Crippen molar-refractivity contribution in [2.75, 3.05) is 13.9 Å². The van der Waals surface area contributed by atoms with Crippen molar-refractivity contribution in [3.8, 4) is 28.7 Å². The number of nitrogens with zero attached hydrogens (tertiary/aromatic N) is 6. The number of fused-ring (bicyclic) bond motifs is 2. The van der Waals surface area contributed by atoms with Crippen LogP contribution in [0.1, 0.15) is 25.7 Å². The van der Waals surface area contributed by atoms with E-state index in [-0.39, 0.29) is 24.8 Å². The quantitative estimate of drug-likeness (QED) is 0.383. The van der Waals surface area contributed by atoms with Gasteiger partial charge in [0.05, 0.1) is 23.8 Å². The highest BCUT2D eigenvalue weighted by Crippen LogP contribution is 2.37. The normalized spacial score (nSPS) is 24.2. The zero-order chi connectivity index (χ0) is 24.4. The van der Waals surface area contributed by atoms with E-state index in [2.05, 4.69) is 20.2 Å². The van der Waals surface area contributed by atoms with Crippen molar-refractivity contribution in [1.29, 1.82) is 0 Å². The summed E-state index contributed by atoms with van der Waals surface area (Å²) in [5.74, 6) is 1.04. The van der Waals surface area contributed by atoms with E-state index in [1.54, 1.807) is 26.5 Å². The maximum absolute atomic E-state index is 15.3. The summed E-state index contributed by atoms with van der Waals surface area (Å²) in [5.41, 5.74) is 1.49. The minimum absolute atomic E-state index is 0.0559. The maximum atomic E-state index is 15.3. The Labute approximate surface area is 203 Å². The summed E-state index contributed by atoms with van der Waals surface area (Å²) >= 11 is 0. The van der Waals surface area contributed by atoms with Crippen LogP contribution in [0.3, 0.4) is 0 Å². The molecule has 3 aromatic rings. The molecule has 2 aromatic heterocycles. The Balaban J connectivity index is 1.34. The van der Waals surface area contributed by atoms with Crippen LogP contribution in [0.15, 0.2) is 43.1 Å². The summed E-state index contributed by atoms with van der Waals surface area (Å²) in [4.78, 5) is 10.4. The summed E-state index contributed by atoms with van der Waals surface area (Å²) in [6.07, 6.45) is 7.83. The maximum Gasteiger partial charge on any atom is 0.376 e. The zero-order valence-corrected chi connectivity index (χ0v) is 19.7. The van der Waals surface area contributed by atoms with E-state index in [0.29, 0.717) is 30.0 Å². The van der Waals surface area contributed by atoms with Gasteiger partial charge in [-0.3, -0.25) is 0 Å². The number of methoxy groups -OCH3 is 1. The van der Waals surface area contributed by atoms with Crippen LogP contribution < -0.4 is 9.47 Å². The number of aromatic nitrogens is 5. The Morgan fingerprint density at radius 1 is 1.26 bits per heavy atom. The molecule has 35 heavy (non-hydrogen) atoms. The molecule has 2 bridgehead atoms. The summed E-state index contributed by atoms with van der Waals surface area (Å²) in [6.45, 7) is 1.75. The van der Waals surface area contributed by atoms with Crippen molar-refractivity contribution in [2.24, 2.45) is 0 Å². The second-order valence-corrected chi connectivity index (χ2v) is 8.89. The molecule has 12 heteroatoms. The number of alkyl halides is 1. The molecule has 4 heterocycles. The highest BCUT2D eigenvalue weighted by atomic mass is 19.1. The number of ether oxygens (including phenoxy) is 3. The van der Waals surface area contributed by atoms with Crippen LogP contribution in [0, 0.1) is 0 Å². The average molecular weight is 482 g/mol. The third-order valence-electron chi connectivity index (χ3n) is 6.65. The highest BCUT2D eigenvalue weighted by molar-refractivity contribution is 6.45. The molecule has 4 atom stereocenters. The van der Waals surface area contributed by atoms with Crippen LogP contribution in [0.2, 0.25) is 6.82 Å². The van der Waals surface area contributed by atoms with Crippen LogP contribution >= 0.6 is 0 Å². The lowest BCUT2D eigenvalue weighted by atomic mass is 9.71. The van der Waals surface area contributed by atoms with Gasteiger partial charge in [-0.2, -0.15) is 0 Å². The molecule has 2 aliphatic rings. The molecule has 184 valence electrons. The number of hydrogen-bond donors (Lipinski definition) is 1. The largest absolute Gasteiger partial charge is 0.469 e. The van der Waals surface area contributed by atoms with E-state index in [4.69, 9.17) is 14.2 Å². The topological polar surface area (TPSA) is 108 Å². The van der Waals surface area contributed by atoms with E-state index in [9.17, 15) is 5.02 Å².